The molecule has 0 atom stereocenters. The van der Waals surface area contributed by atoms with Gasteiger partial charge in [-0.05, 0) is 56.3 Å². The summed E-state index contributed by atoms with van der Waals surface area (Å²) in [5, 5.41) is 4.20. The van der Waals surface area contributed by atoms with Crippen molar-refractivity contribution in [2.75, 3.05) is 23.5 Å². The number of aromatic nitrogens is 3. The number of fused-ring (bicyclic) bond motifs is 1. The Bertz CT molecular complexity index is 1560. The van der Waals surface area contributed by atoms with Gasteiger partial charge >= 0.3 is 0 Å². The van der Waals surface area contributed by atoms with Gasteiger partial charge in [0, 0.05) is 33.5 Å². The van der Waals surface area contributed by atoms with E-state index < -0.39 is 10.0 Å². The average molecular weight is 545 g/mol. The third-order valence-corrected chi connectivity index (χ3v) is 7.91. The number of carbonyl (C=O) groups excluding carboxylic acids is 1. The molecule has 36 heavy (non-hydrogen) atoms. The lowest BCUT2D eigenvalue weighted by atomic mass is 10.0. The van der Waals surface area contributed by atoms with Gasteiger partial charge in [0.15, 0.2) is 5.78 Å². The van der Waals surface area contributed by atoms with Gasteiger partial charge in [0.05, 0.1) is 15.8 Å². The number of carbonyl (C=O) groups is 1. The average Bonchev–Trinajstić information content (AvgIpc) is 3.24. The molecule has 0 bridgehead atoms. The zero-order valence-electron chi connectivity index (χ0n) is 18.9. The number of sulfonamides is 1. The predicted molar refractivity (Wildman–Crippen MR) is 140 cm³/mol. The second-order valence-electron chi connectivity index (χ2n) is 8.51. The van der Waals surface area contributed by atoms with Crippen molar-refractivity contribution in [3.8, 4) is 0 Å². The lowest BCUT2D eigenvalue weighted by Gasteiger charge is -2.24. The molecule has 0 unspecified atom stereocenters. The van der Waals surface area contributed by atoms with Crippen LogP contribution in [0.5, 0.6) is 0 Å². The van der Waals surface area contributed by atoms with Crippen molar-refractivity contribution in [3.05, 3.63) is 76.2 Å². The van der Waals surface area contributed by atoms with Crippen molar-refractivity contribution in [2.45, 2.75) is 23.8 Å². The van der Waals surface area contributed by atoms with Gasteiger partial charge in [-0.1, -0.05) is 35.3 Å². The number of hydrogen-bond acceptors (Lipinski definition) is 7. The molecule has 2 aromatic carbocycles. The van der Waals surface area contributed by atoms with E-state index in [-0.39, 0.29) is 43.8 Å². The van der Waals surface area contributed by atoms with E-state index in [1.54, 1.807) is 24.4 Å². The van der Waals surface area contributed by atoms with E-state index >= 15 is 0 Å². The van der Waals surface area contributed by atoms with Crippen LogP contribution in [0.25, 0.3) is 11.0 Å². The Morgan fingerprint density at radius 2 is 1.81 bits per heavy atom. The van der Waals surface area contributed by atoms with Crippen LogP contribution in [0.1, 0.15) is 34.8 Å². The van der Waals surface area contributed by atoms with Gasteiger partial charge in [0.1, 0.15) is 17.8 Å². The Hall–Kier alpha value is -3.18. The quantitative estimate of drug-likeness (QED) is 0.308. The third kappa shape index (κ3) is 4.77. The van der Waals surface area contributed by atoms with Crippen molar-refractivity contribution in [1.82, 2.24) is 19.9 Å². The van der Waals surface area contributed by atoms with Crippen LogP contribution in [0.2, 0.25) is 10.0 Å². The smallest absolute Gasteiger partial charge is 0.261 e. The number of halogens is 2. The Labute approximate surface area is 217 Å². The minimum atomic E-state index is -4.00. The number of nitrogens with one attached hydrogen (secondary N) is 2. The lowest BCUT2D eigenvalue weighted by Crippen LogP contribution is -2.29. The number of benzene rings is 2. The van der Waals surface area contributed by atoms with Gasteiger partial charge in [-0.3, -0.25) is 9.52 Å². The minimum Gasteiger partial charge on any atom is -0.383 e. The highest BCUT2D eigenvalue weighted by atomic mass is 35.5. The van der Waals surface area contributed by atoms with Gasteiger partial charge < -0.3 is 15.6 Å². The molecule has 4 aromatic rings. The van der Waals surface area contributed by atoms with Crippen LogP contribution in [-0.4, -0.2) is 41.8 Å². The number of rotatable bonds is 6. The summed E-state index contributed by atoms with van der Waals surface area (Å²) in [6.45, 7) is 1.74. The molecule has 2 aromatic heterocycles. The highest BCUT2D eigenvalue weighted by molar-refractivity contribution is 7.92. The van der Waals surface area contributed by atoms with E-state index in [4.69, 9.17) is 28.9 Å². The normalized spacial score (nSPS) is 14.7. The second-order valence-corrected chi connectivity index (χ2v) is 11.1. The molecule has 186 valence electrons. The third-order valence-electron chi connectivity index (χ3n) is 6.11. The summed E-state index contributed by atoms with van der Waals surface area (Å²) in [6.07, 6.45) is 4.96. The van der Waals surface area contributed by atoms with Crippen LogP contribution in [-0.2, 0) is 10.0 Å². The highest BCUT2D eigenvalue weighted by Crippen LogP contribution is 2.32. The molecule has 3 heterocycles. The van der Waals surface area contributed by atoms with E-state index in [1.165, 1.54) is 30.6 Å². The predicted octanol–water partition coefficient (Wildman–Crippen LogP) is 4.28. The first-order valence-electron chi connectivity index (χ1n) is 11.2. The second kappa shape index (κ2) is 9.70. The van der Waals surface area contributed by atoms with Crippen LogP contribution < -0.4 is 15.8 Å². The molecule has 0 radical (unpaired) electrons. The first-order valence-corrected chi connectivity index (χ1v) is 13.4. The molecule has 0 spiro atoms. The standard InChI is InChI=1S/C24H22Cl2N6O3S/c25-15-9-16(26)11-19(10-15)36(34,35)31-17-3-1-2-14(8-17)22(33)20-12-32(18-4-6-28-7-5-18)24-21(20)23(27)29-13-30-24/h1-3,8-13,18,28,31H,4-7H2,(H2,27,29,30). The fourth-order valence-electron chi connectivity index (χ4n) is 4.42. The maximum Gasteiger partial charge on any atom is 0.261 e. The molecular formula is C24H22Cl2N6O3S. The van der Waals surface area contributed by atoms with Crippen LogP contribution in [0.4, 0.5) is 11.5 Å². The molecular weight excluding hydrogens is 523 g/mol. The van der Waals surface area contributed by atoms with Gasteiger partial charge in [0.2, 0.25) is 0 Å². The largest absolute Gasteiger partial charge is 0.383 e. The molecule has 4 N–H and O–H groups in total. The Balaban J connectivity index is 1.50. The Morgan fingerprint density at radius 1 is 1.08 bits per heavy atom. The summed E-state index contributed by atoms with van der Waals surface area (Å²) in [6, 6.07) is 10.4. The Kier molecular flexibility index (Phi) is 6.60. The molecule has 1 fully saturated rings. The maximum absolute atomic E-state index is 13.6. The number of nitrogens with two attached hydrogens (primary N) is 1. The maximum atomic E-state index is 13.6. The van der Waals surface area contributed by atoms with Crippen molar-refractivity contribution >= 4 is 61.5 Å². The summed E-state index contributed by atoms with van der Waals surface area (Å²) in [5.74, 6) is -0.105. The van der Waals surface area contributed by atoms with Crippen molar-refractivity contribution < 1.29 is 13.2 Å². The number of hydrogen-bond donors (Lipinski definition) is 3. The van der Waals surface area contributed by atoms with Gasteiger partial charge in [0.25, 0.3) is 10.0 Å². The number of anilines is 2. The topological polar surface area (TPSA) is 132 Å². The molecule has 1 aliphatic heterocycles. The fourth-order valence-corrected chi connectivity index (χ4v) is 6.20. The van der Waals surface area contributed by atoms with Gasteiger partial charge in [-0.2, -0.15) is 0 Å². The Morgan fingerprint density at radius 3 is 2.53 bits per heavy atom. The monoisotopic (exact) mass is 544 g/mol. The molecule has 1 saturated heterocycles. The van der Waals surface area contributed by atoms with Crippen molar-refractivity contribution in [2.24, 2.45) is 0 Å². The molecule has 0 amide bonds. The van der Waals surface area contributed by atoms with E-state index in [9.17, 15) is 13.2 Å². The van der Waals surface area contributed by atoms with Crippen LogP contribution in [0.3, 0.4) is 0 Å². The number of ketones is 1. The molecule has 1 aliphatic rings. The minimum absolute atomic E-state index is 0.0910. The first kappa shape index (κ1) is 24.5. The molecule has 0 saturated carbocycles. The highest BCUT2D eigenvalue weighted by Gasteiger charge is 2.25. The lowest BCUT2D eigenvalue weighted by molar-refractivity contribution is 0.104. The van der Waals surface area contributed by atoms with Gasteiger partial charge in [-0.15, -0.1) is 0 Å². The van der Waals surface area contributed by atoms with Crippen molar-refractivity contribution in [3.63, 3.8) is 0 Å². The molecule has 9 nitrogen and oxygen atoms in total. The van der Waals surface area contributed by atoms with Crippen molar-refractivity contribution in [1.29, 1.82) is 0 Å². The van der Waals surface area contributed by atoms with Gasteiger partial charge in [-0.25, -0.2) is 18.4 Å². The molecule has 0 aliphatic carbocycles. The first-order chi connectivity index (χ1) is 17.2. The summed E-state index contributed by atoms with van der Waals surface area (Å²) in [5.41, 5.74) is 7.64. The van der Waals surface area contributed by atoms with Crippen LogP contribution >= 0.6 is 23.2 Å². The van der Waals surface area contributed by atoms with E-state index in [0.29, 0.717) is 16.6 Å². The molecule has 5 rings (SSSR count). The summed E-state index contributed by atoms with van der Waals surface area (Å²) in [4.78, 5) is 22.1. The van der Waals surface area contributed by atoms with Crippen LogP contribution in [0.15, 0.2) is 59.9 Å². The fraction of sp³-hybridized carbons (Fsp3) is 0.208. The summed E-state index contributed by atoms with van der Waals surface area (Å²) < 4.78 is 30.3. The zero-order chi connectivity index (χ0) is 25.4. The van der Waals surface area contributed by atoms with Crippen LogP contribution in [0, 0.1) is 0 Å². The number of nitrogen functional groups attached to an aromatic ring is 1. The molecule has 12 heteroatoms. The SMILES string of the molecule is Nc1ncnc2c1c(C(=O)c1cccc(NS(=O)(=O)c3cc(Cl)cc(Cl)c3)c1)cn2C1CCNCC1. The van der Waals surface area contributed by atoms with E-state index in [2.05, 4.69) is 20.0 Å². The zero-order valence-corrected chi connectivity index (χ0v) is 21.2. The summed E-state index contributed by atoms with van der Waals surface area (Å²) in [7, 11) is -4.00. The van der Waals surface area contributed by atoms with E-state index in [0.717, 1.165) is 25.9 Å². The summed E-state index contributed by atoms with van der Waals surface area (Å²) >= 11 is 11.9. The number of piperidine rings is 1. The van der Waals surface area contributed by atoms with E-state index in [1.807, 2.05) is 4.57 Å². The number of nitrogens with zero attached hydrogens (tertiary/aromatic N) is 3.